The molecule has 0 saturated carbocycles. The Balaban J connectivity index is 2.29. The lowest BCUT2D eigenvalue weighted by Crippen LogP contribution is -2.36. The summed E-state index contributed by atoms with van der Waals surface area (Å²) in [6.45, 7) is 8.23. The molecule has 0 spiro atoms. The number of hydrogen-bond acceptors (Lipinski definition) is 4. The Morgan fingerprint density at radius 2 is 2.05 bits per heavy atom. The van der Waals surface area contributed by atoms with E-state index in [4.69, 9.17) is 4.74 Å². The van der Waals surface area contributed by atoms with Gasteiger partial charge < -0.3 is 19.9 Å². The summed E-state index contributed by atoms with van der Waals surface area (Å²) in [5.74, 6) is 0.334. The van der Waals surface area contributed by atoms with Gasteiger partial charge in [-0.1, -0.05) is 6.08 Å². The topological polar surface area (TPSA) is 61.9 Å². The van der Waals surface area contributed by atoms with E-state index in [0.717, 1.165) is 19.5 Å². The molecule has 2 amide bonds. The lowest BCUT2D eigenvalue weighted by atomic mass is 10.1. The standard InChI is InChI=1S/C16H29N3O3/c1-16(2,3)22-15(21)17-11-13-8-10-19(12-13)14(20)7-6-9-18(4)5/h6-7,13H,8-12H2,1-5H3,(H,17,21)/b7-6+/t13-/m0/s1. The Morgan fingerprint density at radius 1 is 1.36 bits per heavy atom. The molecule has 6 heteroatoms. The quantitative estimate of drug-likeness (QED) is 0.781. The third-order valence-corrected chi connectivity index (χ3v) is 3.26. The lowest BCUT2D eigenvalue weighted by Gasteiger charge is -2.20. The SMILES string of the molecule is CN(C)C/C=C/C(=O)N1CC[C@@H](CNC(=O)OC(C)(C)C)C1. The highest BCUT2D eigenvalue weighted by Crippen LogP contribution is 2.16. The number of amides is 2. The van der Waals surface area contributed by atoms with E-state index < -0.39 is 11.7 Å². The van der Waals surface area contributed by atoms with Gasteiger partial charge in [0.15, 0.2) is 0 Å². The fourth-order valence-corrected chi connectivity index (χ4v) is 2.21. The van der Waals surface area contributed by atoms with Gasteiger partial charge in [-0.2, -0.15) is 0 Å². The Hall–Kier alpha value is -1.56. The van der Waals surface area contributed by atoms with Crippen LogP contribution in [-0.2, 0) is 9.53 Å². The van der Waals surface area contributed by atoms with Gasteiger partial charge in [0.2, 0.25) is 5.91 Å². The minimum Gasteiger partial charge on any atom is -0.444 e. The van der Waals surface area contributed by atoms with Crippen LogP contribution in [0, 0.1) is 5.92 Å². The lowest BCUT2D eigenvalue weighted by molar-refractivity contribution is -0.125. The Labute approximate surface area is 133 Å². The van der Waals surface area contributed by atoms with Crippen molar-refractivity contribution in [2.24, 2.45) is 5.92 Å². The monoisotopic (exact) mass is 311 g/mol. The van der Waals surface area contributed by atoms with Crippen LogP contribution in [0.2, 0.25) is 0 Å². The first-order chi connectivity index (χ1) is 10.2. The molecule has 0 aliphatic carbocycles. The molecular formula is C16H29N3O3. The summed E-state index contributed by atoms with van der Waals surface area (Å²) in [7, 11) is 3.92. The summed E-state index contributed by atoms with van der Waals surface area (Å²) in [4.78, 5) is 27.4. The normalized spacial score (nSPS) is 19.0. The molecule has 6 nitrogen and oxygen atoms in total. The van der Waals surface area contributed by atoms with Crippen molar-refractivity contribution in [3.8, 4) is 0 Å². The van der Waals surface area contributed by atoms with Gasteiger partial charge in [0.25, 0.3) is 0 Å². The largest absolute Gasteiger partial charge is 0.444 e. The van der Waals surface area contributed by atoms with Crippen molar-refractivity contribution in [1.82, 2.24) is 15.1 Å². The minimum absolute atomic E-state index is 0.0432. The van der Waals surface area contributed by atoms with Crippen molar-refractivity contribution in [2.75, 3.05) is 40.3 Å². The highest BCUT2D eigenvalue weighted by molar-refractivity contribution is 5.87. The van der Waals surface area contributed by atoms with Crippen molar-refractivity contribution in [1.29, 1.82) is 0 Å². The third kappa shape index (κ3) is 7.45. The predicted octanol–water partition coefficient (Wildman–Crippen LogP) is 1.48. The molecule has 1 saturated heterocycles. The molecule has 1 fully saturated rings. The number of likely N-dealkylation sites (N-methyl/N-ethyl adjacent to an activating group) is 1. The summed E-state index contributed by atoms with van der Waals surface area (Å²) in [6.07, 6.45) is 4.00. The molecule has 1 heterocycles. The molecule has 1 N–H and O–H groups in total. The Morgan fingerprint density at radius 3 is 2.64 bits per heavy atom. The highest BCUT2D eigenvalue weighted by Gasteiger charge is 2.26. The van der Waals surface area contributed by atoms with Crippen LogP contribution in [0.3, 0.4) is 0 Å². The van der Waals surface area contributed by atoms with Crippen molar-refractivity contribution < 1.29 is 14.3 Å². The minimum atomic E-state index is -0.487. The van der Waals surface area contributed by atoms with Gasteiger partial charge in [0.05, 0.1) is 0 Å². The zero-order valence-corrected chi connectivity index (χ0v) is 14.4. The maximum atomic E-state index is 12.0. The van der Waals surface area contributed by atoms with Crippen molar-refractivity contribution in [2.45, 2.75) is 32.8 Å². The predicted molar refractivity (Wildman–Crippen MR) is 86.6 cm³/mol. The van der Waals surface area contributed by atoms with Crippen LogP contribution < -0.4 is 5.32 Å². The van der Waals surface area contributed by atoms with E-state index in [0.29, 0.717) is 19.0 Å². The van der Waals surface area contributed by atoms with Crippen LogP contribution in [-0.4, -0.2) is 67.7 Å². The van der Waals surface area contributed by atoms with E-state index in [-0.39, 0.29) is 5.91 Å². The van der Waals surface area contributed by atoms with E-state index in [1.165, 1.54) is 0 Å². The van der Waals surface area contributed by atoms with Gasteiger partial charge in [0, 0.05) is 32.3 Å². The van der Waals surface area contributed by atoms with Gasteiger partial charge in [-0.25, -0.2) is 4.79 Å². The second-order valence-electron chi connectivity index (χ2n) is 6.99. The van der Waals surface area contributed by atoms with Crippen LogP contribution in [0.1, 0.15) is 27.2 Å². The van der Waals surface area contributed by atoms with E-state index in [2.05, 4.69) is 5.32 Å². The summed E-state index contributed by atoms with van der Waals surface area (Å²) < 4.78 is 5.20. The fourth-order valence-electron chi connectivity index (χ4n) is 2.21. The Bertz CT molecular complexity index is 413. The number of carbonyl (C=O) groups is 2. The molecule has 0 aromatic carbocycles. The number of ether oxygens (including phenoxy) is 1. The number of nitrogens with zero attached hydrogens (tertiary/aromatic N) is 2. The van der Waals surface area contributed by atoms with Gasteiger partial charge in [-0.3, -0.25) is 4.79 Å². The maximum Gasteiger partial charge on any atom is 0.407 e. The van der Waals surface area contributed by atoms with E-state index in [9.17, 15) is 9.59 Å². The van der Waals surface area contributed by atoms with Gasteiger partial charge >= 0.3 is 6.09 Å². The molecule has 0 aromatic rings. The summed E-state index contributed by atoms with van der Waals surface area (Å²) >= 11 is 0. The molecule has 1 aliphatic heterocycles. The second-order valence-corrected chi connectivity index (χ2v) is 6.99. The first-order valence-corrected chi connectivity index (χ1v) is 7.74. The maximum absolute atomic E-state index is 12.0. The average molecular weight is 311 g/mol. The highest BCUT2D eigenvalue weighted by atomic mass is 16.6. The van der Waals surface area contributed by atoms with Crippen LogP contribution in [0.15, 0.2) is 12.2 Å². The zero-order valence-electron chi connectivity index (χ0n) is 14.4. The zero-order chi connectivity index (χ0) is 16.8. The second kappa shape index (κ2) is 8.17. The average Bonchev–Trinajstić information content (AvgIpc) is 2.82. The van der Waals surface area contributed by atoms with Gasteiger partial charge in [0.1, 0.15) is 5.60 Å². The van der Waals surface area contributed by atoms with Crippen molar-refractivity contribution >= 4 is 12.0 Å². The van der Waals surface area contributed by atoms with Crippen LogP contribution in [0.25, 0.3) is 0 Å². The molecular weight excluding hydrogens is 282 g/mol. The van der Waals surface area contributed by atoms with E-state index in [1.807, 2.05) is 50.7 Å². The number of hydrogen-bond donors (Lipinski definition) is 1. The molecule has 0 bridgehead atoms. The Kier molecular flexibility index (Phi) is 6.87. The molecule has 1 rings (SSSR count). The number of nitrogens with one attached hydrogen (secondary N) is 1. The van der Waals surface area contributed by atoms with Gasteiger partial charge in [-0.05, 0) is 47.2 Å². The first-order valence-electron chi connectivity index (χ1n) is 7.74. The summed E-state index contributed by atoms with van der Waals surface area (Å²) in [5.41, 5.74) is -0.487. The van der Waals surface area contributed by atoms with Crippen molar-refractivity contribution in [3.05, 3.63) is 12.2 Å². The van der Waals surface area contributed by atoms with E-state index >= 15 is 0 Å². The molecule has 126 valence electrons. The molecule has 0 unspecified atom stereocenters. The smallest absolute Gasteiger partial charge is 0.407 e. The fraction of sp³-hybridized carbons (Fsp3) is 0.750. The summed E-state index contributed by atoms with van der Waals surface area (Å²) in [6, 6.07) is 0. The van der Waals surface area contributed by atoms with Gasteiger partial charge in [-0.15, -0.1) is 0 Å². The van der Waals surface area contributed by atoms with E-state index in [1.54, 1.807) is 6.08 Å². The molecule has 1 atom stereocenters. The number of rotatable bonds is 5. The molecule has 0 radical (unpaired) electrons. The van der Waals surface area contributed by atoms with Crippen LogP contribution in [0.4, 0.5) is 4.79 Å². The number of likely N-dealkylation sites (tertiary alicyclic amines) is 1. The third-order valence-electron chi connectivity index (χ3n) is 3.26. The summed E-state index contributed by atoms with van der Waals surface area (Å²) in [5, 5.41) is 2.77. The number of carbonyl (C=O) groups excluding carboxylic acids is 2. The van der Waals surface area contributed by atoms with Crippen molar-refractivity contribution in [3.63, 3.8) is 0 Å². The first kappa shape index (κ1) is 18.5. The molecule has 0 aromatic heterocycles. The molecule has 1 aliphatic rings. The van der Waals surface area contributed by atoms with Crippen LogP contribution >= 0.6 is 0 Å². The molecule has 22 heavy (non-hydrogen) atoms. The van der Waals surface area contributed by atoms with Crippen LogP contribution in [0.5, 0.6) is 0 Å². The number of alkyl carbamates (subject to hydrolysis) is 1.